The van der Waals surface area contributed by atoms with E-state index in [0.717, 1.165) is 11.6 Å². The Balaban J connectivity index is 2.66. The van der Waals surface area contributed by atoms with Crippen LogP contribution in [0.25, 0.3) is 0 Å². The fourth-order valence-electron chi connectivity index (χ4n) is 2.31. The second kappa shape index (κ2) is 10.1. The minimum atomic E-state index is -0.797. The molecule has 6 nitrogen and oxygen atoms in total. The molecule has 0 radical (unpaired) electrons. The van der Waals surface area contributed by atoms with Gasteiger partial charge in [-0.25, -0.2) is 9.59 Å². The number of benzene rings is 1. The minimum absolute atomic E-state index is 0.188. The van der Waals surface area contributed by atoms with E-state index in [1.165, 1.54) is 0 Å². The smallest absolute Gasteiger partial charge is 0.407 e. The molecule has 0 aromatic heterocycles. The predicted molar refractivity (Wildman–Crippen MR) is 104 cm³/mol. The highest BCUT2D eigenvalue weighted by Gasteiger charge is 2.24. The van der Waals surface area contributed by atoms with Crippen molar-refractivity contribution < 1.29 is 23.8 Å². The molecule has 1 rings (SSSR count). The van der Waals surface area contributed by atoms with Crippen LogP contribution in [0.3, 0.4) is 0 Å². The van der Waals surface area contributed by atoms with Gasteiger partial charge in [0.2, 0.25) is 0 Å². The maximum absolute atomic E-state index is 12.1. The average molecular weight is 377 g/mol. The molecule has 1 unspecified atom stereocenters. The quantitative estimate of drug-likeness (QED) is 0.525. The highest BCUT2D eigenvalue weighted by Crippen LogP contribution is 2.12. The van der Waals surface area contributed by atoms with E-state index >= 15 is 0 Å². The van der Waals surface area contributed by atoms with Crippen LogP contribution in [0, 0.1) is 0 Å². The Bertz CT molecular complexity index is 619. The molecule has 6 heteroatoms. The van der Waals surface area contributed by atoms with E-state index in [-0.39, 0.29) is 19.3 Å². The first-order chi connectivity index (χ1) is 12.5. The summed E-state index contributed by atoms with van der Waals surface area (Å²) >= 11 is 0. The average Bonchev–Trinajstić information content (AvgIpc) is 2.53. The summed E-state index contributed by atoms with van der Waals surface area (Å²) in [7, 11) is 0. The summed E-state index contributed by atoms with van der Waals surface area (Å²) in [5.74, 6) is -0.503. The highest BCUT2D eigenvalue weighted by atomic mass is 16.6. The lowest BCUT2D eigenvalue weighted by Gasteiger charge is -2.27. The topological polar surface area (TPSA) is 73.9 Å². The van der Waals surface area contributed by atoms with Gasteiger partial charge >= 0.3 is 12.1 Å². The summed E-state index contributed by atoms with van der Waals surface area (Å²) in [6.07, 6.45) is 1.21. The molecule has 1 N–H and O–H groups in total. The third-order valence-electron chi connectivity index (χ3n) is 3.36. The molecule has 0 heterocycles. The Kier molecular flexibility index (Phi) is 8.50. The number of ether oxygens (including phenoxy) is 3. The van der Waals surface area contributed by atoms with E-state index in [0.29, 0.717) is 6.42 Å². The van der Waals surface area contributed by atoms with Gasteiger partial charge in [0.05, 0.1) is 19.3 Å². The molecule has 0 saturated heterocycles. The number of carbonyl (C=O) groups excluding carboxylic acids is 2. The normalized spacial score (nSPS) is 12.8. The maximum atomic E-state index is 12.1. The predicted octanol–water partition coefficient (Wildman–Crippen LogP) is 3.65. The van der Waals surface area contributed by atoms with Crippen LogP contribution in [0.4, 0.5) is 4.79 Å². The lowest BCUT2D eigenvalue weighted by Crippen LogP contribution is -2.44. The number of esters is 1. The Morgan fingerprint density at radius 3 is 2.30 bits per heavy atom. The van der Waals surface area contributed by atoms with Crippen molar-refractivity contribution in [3.63, 3.8) is 0 Å². The standard InChI is InChI=1S/C21H31NO5/c1-7-18(23)26-21(5,6)15-25-14-17(13-16-11-9-8-10-12-16)22-19(24)27-20(2,3)4/h7-12,17H,1,13-15H2,2-6H3,(H,22,24). The van der Waals surface area contributed by atoms with E-state index < -0.39 is 23.3 Å². The van der Waals surface area contributed by atoms with Gasteiger partial charge in [0.25, 0.3) is 0 Å². The summed E-state index contributed by atoms with van der Waals surface area (Å²) in [6.45, 7) is 12.8. The number of alkyl carbamates (subject to hydrolysis) is 1. The molecule has 0 fully saturated rings. The largest absolute Gasteiger partial charge is 0.454 e. The van der Waals surface area contributed by atoms with E-state index in [2.05, 4.69) is 11.9 Å². The van der Waals surface area contributed by atoms with Gasteiger partial charge in [0, 0.05) is 6.08 Å². The molecule has 1 aromatic carbocycles. The van der Waals surface area contributed by atoms with Gasteiger partial charge in [-0.3, -0.25) is 0 Å². The third kappa shape index (κ3) is 10.4. The van der Waals surface area contributed by atoms with Crippen LogP contribution >= 0.6 is 0 Å². The van der Waals surface area contributed by atoms with Crippen LogP contribution in [-0.4, -0.2) is 42.5 Å². The molecule has 1 atom stereocenters. The van der Waals surface area contributed by atoms with Crippen molar-refractivity contribution >= 4 is 12.1 Å². The Morgan fingerprint density at radius 2 is 1.74 bits per heavy atom. The highest BCUT2D eigenvalue weighted by molar-refractivity contribution is 5.81. The van der Waals surface area contributed by atoms with Gasteiger partial charge in [-0.1, -0.05) is 36.9 Å². The van der Waals surface area contributed by atoms with Crippen molar-refractivity contribution in [2.75, 3.05) is 13.2 Å². The van der Waals surface area contributed by atoms with Crippen LogP contribution in [0.5, 0.6) is 0 Å². The molecular weight excluding hydrogens is 346 g/mol. The number of hydrogen-bond donors (Lipinski definition) is 1. The third-order valence-corrected chi connectivity index (χ3v) is 3.36. The van der Waals surface area contributed by atoms with Crippen molar-refractivity contribution in [1.82, 2.24) is 5.32 Å². The second-order valence-corrected chi connectivity index (χ2v) is 7.93. The zero-order valence-corrected chi connectivity index (χ0v) is 16.9. The van der Waals surface area contributed by atoms with Gasteiger partial charge in [-0.2, -0.15) is 0 Å². The Hall–Kier alpha value is -2.34. The summed E-state index contributed by atoms with van der Waals surface area (Å²) in [4.78, 5) is 23.5. The second-order valence-electron chi connectivity index (χ2n) is 7.93. The minimum Gasteiger partial charge on any atom is -0.454 e. The number of nitrogens with one attached hydrogen (secondary N) is 1. The molecule has 27 heavy (non-hydrogen) atoms. The number of carbonyl (C=O) groups is 2. The molecule has 0 bridgehead atoms. The molecular formula is C21H31NO5. The molecule has 0 aliphatic rings. The van der Waals surface area contributed by atoms with Crippen molar-refractivity contribution in [3.05, 3.63) is 48.6 Å². The van der Waals surface area contributed by atoms with Gasteiger partial charge in [0.15, 0.2) is 0 Å². The van der Waals surface area contributed by atoms with E-state index in [1.807, 2.05) is 51.1 Å². The van der Waals surface area contributed by atoms with Crippen molar-refractivity contribution in [1.29, 1.82) is 0 Å². The van der Waals surface area contributed by atoms with Gasteiger partial charge < -0.3 is 19.5 Å². The SMILES string of the molecule is C=CC(=O)OC(C)(C)COCC(Cc1ccccc1)NC(=O)OC(C)(C)C. The molecule has 0 saturated carbocycles. The van der Waals surface area contributed by atoms with Crippen LogP contribution in [0.1, 0.15) is 40.2 Å². The summed E-state index contributed by atoms with van der Waals surface area (Å²) in [5, 5.41) is 2.85. The lowest BCUT2D eigenvalue weighted by atomic mass is 10.1. The van der Waals surface area contributed by atoms with Crippen molar-refractivity contribution in [3.8, 4) is 0 Å². The monoisotopic (exact) mass is 377 g/mol. The Morgan fingerprint density at radius 1 is 1.11 bits per heavy atom. The van der Waals surface area contributed by atoms with E-state index in [1.54, 1.807) is 13.8 Å². The number of rotatable bonds is 9. The lowest BCUT2D eigenvalue weighted by molar-refractivity contribution is -0.156. The van der Waals surface area contributed by atoms with Gasteiger partial charge in [-0.05, 0) is 46.6 Å². The van der Waals surface area contributed by atoms with Gasteiger partial charge in [-0.15, -0.1) is 0 Å². The molecule has 0 aliphatic heterocycles. The fourth-order valence-corrected chi connectivity index (χ4v) is 2.31. The summed E-state index contributed by atoms with van der Waals surface area (Å²) in [5.41, 5.74) is -0.308. The van der Waals surface area contributed by atoms with Crippen LogP contribution < -0.4 is 5.32 Å². The van der Waals surface area contributed by atoms with Crippen LogP contribution in [-0.2, 0) is 25.4 Å². The number of hydrogen-bond acceptors (Lipinski definition) is 5. The maximum Gasteiger partial charge on any atom is 0.407 e. The first-order valence-electron chi connectivity index (χ1n) is 8.97. The number of amides is 1. The Labute approximate surface area is 161 Å². The zero-order chi connectivity index (χ0) is 20.5. The first kappa shape index (κ1) is 22.7. The van der Waals surface area contributed by atoms with Crippen molar-refractivity contribution in [2.24, 2.45) is 0 Å². The molecule has 1 amide bonds. The molecule has 1 aromatic rings. The first-order valence-corrected chi connectivity index (χ1v) is 8.97. The molecule has 0 aliphatic carbocycles. The summed E-state index contributed by atoms with van der Waals surface area (Å²) < 4.78 is 16.3. The molecule has 150 valence electrons. The van der Waals surface area contributed by atoms with Crippen LogP contribution in [0.2, 0.25) is 0 Å². The van der Waals surface area contributed by atoms with E-state index in [4.69, 9.17) is 14.2 Å². The van der Waals surface area contributed by atoms with Crippen molar-refractivity contribution in [2.45, 2.75) is 58.3 Å². The summed E-state index contributed by atoms with van der Waals surface area (Å²) in [6, 6.07) is 9.51. The van der Waals surface area contributed by atoms with Crippen LogP contribution in [0.15, 0.2) is 43.0 Å². The molecule has 0 spiro atoms. The fraction of sp³-hybridized carbons (Fsp3) is 0.524. The van der Waals surface area contributed by atoms with Gasteiger partial charge in [0.1, 0.15) is 11.2 Å². The van der Waals surface area contributed by atoms with E-state index in [9.17, 15) is 9.59 Å². The zero-order valence-electron chi connectivity index (χ0n) is 16.9.